The molecule has 0 fully saturated rings. The summed E-state index contributed by atoms with van der Waals surface area (Å²) in [6, 6.07) is 70.3. The third kappa shape index (κ3) is 3.62. The lowest BCUT2D eigenvalue weighted by molar-refractivity contribution is 1.18. The van der Waals surface area contributed by atoms with Crippen molar-refractivity contribution in [1.82, 2.24) is 13.4 Å². The van der Waals surface area contributed by atoms with Crippen molar-refractivity contribution in [2.75, 3.05) is 0 Å². The molecule has 59 heavy (non-hydrogen) atoms. The second-order valence-electron chi connectivity index (χ2n) is 16.4. The lowest BCUT2D eigenvalue weighted by Gasteiger charge is -2.09. The van der Waals surface area contributed by atoms with Crippen molar-refractivity contribution in [3.63, 3.8) is 0 Å². The van der Waals surface area contributed by atoms with Crippen LogP contribution in [0.1, 0.15) is 0 Å². The van der Waals surface area contributed by atoms with E-state index < -0.39 is 0 Å². The number of hydrogen-bond donors (Lipinski definition) is 0. The van der Waals surface area contributed by atoms with E-state index in [1.165, 1.54) is 136 Å². The van der Waals surface area contributed by atoms with Gasteiger partial charge >= 0.3 is 0 Å². The molecule has 0 aliphatic carbocycles. The normalized spacial score (nSPS) is 12.7. The van der Waals surface area contributed by atoms with Crippen LogP contribution in [0.25, 0.3) is 136 Å². The highest BCUT2D eigenvalue weighted by molar-refractivity contribution is 6.36. The predicted molar refractivity (Wildman–Crippen MR) is 251 cm³/mol. The molecular formula is C56H31N3. The van der Waals surface area contributed by atoms with Crippen LogP contribution < -0.4 is 0 Å². The van der Waals surface area contributed by atoms with Crippen molar-refractivity contribution in [2.45, 2.75) is 0 Å². The molecule has 0 N–H and O–H groups in total. The van der Waals surface area contributed by atoms with Gasteiger partial charge in [-0.2, -0.15) is 0 Å². The van der Waals surface area contributed by atoms with Crippen molar-refractivity contribution in [3.8, 4) is 16.8 Å². The zero-order chi connectivity index (χ0) is 38.1. The first kappa shape index (κ1) is 30.3. The first-order valence-corrected chi connectivity index (χ1v) is 20.5. The van der Waals surface area contributed by atoms with E-state index in [1.807, 2.05) is 0 Å². The topological polar surface area (TPSA) is 13.8 Å². The maximum atomic E-state index is 2.61. The molecule has 0 saturated carbocycles. The third-order valence-corrected chi connectivity index (χ3v) is 13.6. The molecule has 5 heterocycles. The Morgan fingerprint density at radius 3 is 1.63 bits per heavy atom. The van der Waals surface area contributed by atoms with Gasteiger partial charge in [0.05, 0.1) is 44.1 Å². The number of fused-ring (bicyclic) bond motifs is 19. The Morgan fingerprint density at radius 2 is 0.831 bits per heavy atom. The molecule has 0 aliphatic heterocycles. The van der Waals surface area contributed by atoms with E-state index in [4.69, 9.17) is 0 Å². The number of rotatable bonds is 2. The number of benzene rings is 10. The van der Waals surface area contributed by atoms with Crippen molar-refractivity contribution in [1.29, 1.82) is 0 Å². The average molecular weight is 746 g/mol. The summed E-state index contributed by atoms with van der Waals surface area (Å²) in [4.78, 5) is 0. The fourth-order valence-corrected chi connectivity index (χ4v) is 11.3. The number of para-hydroxylation sites is 4. The van der Waals surface area contributed by atoms with Gasteiger partial charge in [-0.1, -0.05) is 127 Å². The molecule has 0 amide bonds. The van der Waals surface area contributed by atoms with Gasteiger partial charge in [-0.15, -0.1) is 0 Å². The summed E-state index contributed by atoms with van der Waals surface area (Å²) in [6.45, 7) is 0. The van der Waals surface area contributed by atoms with Crippen LogP contribution in [0, 0.1) is 0 Å². The minimum absolute atomic E-state index is 1.17. The van der Waals surface area contributed by atoms with Gasteiger partial charge in [-0.25, -0.2) is 0 Å². The Balaban J connectivity index is 1.12. The maximum absolute atomic E-state index is 2.61. The smallest absolute Gasteiger partial charge is 0.0627 e. The quantitative estimate of drug-likeness (QED) is 0.167. The molecule has 0 radical (unpaired) electrons. The first-order valence-electron chi connectivity index (χ1n) is 20.5. The van der Waals surface area contributed by atoms with E-state index in [0.29, 0.717) is 0 Å². The molecular weight excluding hydrogens is 715 g/mol. The summed E-state index contributed by atoms with van der Waals surface area (Å²) < 4.78 is 7.55. The van der Waals surface area contributed by atoms with Crippen LogP contribution in [-0.4, -0.2) is 13.4 Å². The molecule has 0 saturated heterocycles. The molecule has 270 valence electrons. The summed E-state index contributed by atoms with van der Waals surface area (Å²) in [5.74, 6) is 0. The standard InChI is InChI=1S/C56H31N3/c1-2-15-35(16-3-1)57-47-23-10-8-19-39(47)42-27-34(25-26-49(42)57)38-21-12-22-40-44-28-32-13-5-7-18-37(32)53-46-31-50-43(30-51(46)59(54(38)40)56(44)53)45-29-33-14-4-6-17-36(33)52-41-20-9-11-24-48(41)58(50)55(45)52/h1-31H. The van der Waals surface area contributed by atoms with Gasteiger partial charge in [-0.3, -0.25) is 0 Å². The minimum Gasteiger partial charge on any atom is -0.309 e. The first-order chi connectivity index (χ1) is 29.3. The zero-order valence-electron chi connectivity index (χ0n) is 31.7. The Labute approximate surface area is 336 Å². The number of nitrogens with zero attached hydrogens (tertiary/aromatic N) is 3. The summed E-state index contributed by atoms with van der Waals surface area (Å²) in [6.07, 6.45) is 0. The lowest BCUT2D eigenvalue weighted by atomic mass is 9.97. The van der Waals surface area contributed by atoms with E-state index in [9.17, 15) is 0 Å². The molecule has 3 nitrogen and oxygen atoms in total. The van der Waals surface area contributed by atoms with Crippen molar-refractivity contribution in [2.24, 2.45) is 0 Å². The van der Waals surface area contributed by atoms with E-state index in [0.717, 1.165) is 0 Å². The Morgan fingerprint density at radius 1 is 0.271 bits per heavy atom. The van der Waals surface area contributed by atoms with Crippen LogP contribution >= 0.6 is 0 Å². The Hall–Kier alpha value is -7.88. The fraction of sp³-hybridized carbons (Fsp3) is 0. The average Bonchev–Trinajstić information content (AvgIpc) is 4.08. The van der Waals surface area contributed by atoms with Crippen LogP contribution in [0.2, 0.25) is 0 Å². The maximum Gasteiger partial charge on any atom is 0.0627 e. The van der Waals surface area contributed by atoms with Crippen molar-refractivity contribution >= 4 is 120 Å². The van der Waals surface area contributed by atoms with E-state index in [-0.39, 0.29) is 0 Å². The van der Waals surface area contributed by atoms with Gasteiger partial charge in [0.2, 0.25) is 0 Å². The fourth-order valence-electron chi connectivity index (χ4n) is 11.3. The molecule has 15 rings (SSSR count). The van der Waals surface area contributed by atoms with Crippen LogP contribution in [0.5, 0.6) is 0 Å². The van der Waals surface area contributed by atoms with Crippen LogP contribution in [-0.2, 0) is 0 Å². The SMILES string of the molecule is c1ccc(-n2c3ccccc3c3cc(-c4cccc5c6cc7ccccc7c7c8cc9c(cc8n(c45)c67)c4cc5ccccc5c5c6ccccc6n9c45)ccc32)cc1. The zero-order valence-corrected chi connectivity index (χ0v) is 31.7. The molecule has 0 bridgehead atoms. The van der Waals surface area contributed by atoms with Gasteiger partial charge in [0.1, 0.15) is 0 Å². The molecule has 0 unspecified atom stereocenters. The molecule has 0 spiro atoms. The van der Waals surface area contributed by atoms with Gasteiger partial charge in [-0.05, 0) is 87.8 Å². The summed E-state index contributed by atoms with van der Waals surface area (Å²) >= 11 is 0. The minimum atomic E-state index is 1.17. The summed E-state index contributed by atoms with van der Waals surface area (Å²) in [5, 5.41) is 18.1. The van der Waals surface area contributed by atoms with Gasteiger partial charge in [0.25, 0.3) is 0 Å². The molecule has 10 aromatic carbocycles. The summed E-state index contributed by atoms with van der Waals surface area (Å²) in [7, 11) is 0. The molecule has 0 aliphatic rings. The second kappa shape index (κ2) is 10.5. The number of aromatic nitrogens is 3. The Kier molecular flexibility index (Phi) is 5.41. The van der Waals surface area contributed by atoms with Gasteiger partial charge in [0, 0.05) is 65.1 Å². The van der Waals surface area contributed by atoms with Crippen LogP contribution in [0.15, 0.2) is 188 Å². The van der Waals surface area contributed by atoms with E-state index >= 15 is 0 Å². The molecule has 3 heteroatoms. The highest BCUT2D eigenvalue weighted by Crippen LogP contribution is 2.49. The summed E-state index contributed by atoms with van der Waals surface area (Å²) in [5.41, 5.74) is 13.7. The van der Waals surface area contributed by atoms with E-state index in [2.05, 4.69) is 201 Å². The lowest BCUT2D eigenvalue weighted by Crippen LogP contribution is -1.93. The third-order valence-electron chi connectivity index (χ3n) is 13.6. The molecule has 15 aromatic rings. The largest absolute Gasteiger partial charge is 0.309 e. The highest BCUT2D eigenvalue weighted by Gasteiger charge is 2.26. The Bertz CT molecular complexity index is 4290. The predicted octanol–water partition coefficient (Wildman–Crippen LogP) is 15.1. The van der Waals surface area contributed by atoms with Crippen LogP contribution in [0.4, 0.5) is 0 Å². The molecule has 0 atom stereocenters. The highest BCUT2D eigenvalue weighted by atomic mass is 15.0. The monoisotopic (exact) mass is 745 g/mol. The van der Waals surface area contributed by atoms with Crippen molar-refractivity contribution in [3.05, 3.63) is 188 Å². The molecule has 5 aromatic heterocycles. The second-order valence-corrected chi connectivity index (χ2v) is 16.4. The van der Waals surface area contributed by atoms with Gasteiger partial charge < -0.3 is 13.4 Å². The van der Waals surface area contributed by atoms with Gasteiger partial charge in [0.15, 0.2) is 0 Å². The van der Waals surface area contributed by atoms with Crippen LogP contribution in [0.3, 0.4) is 0 Å². The van der Waals surface area contributed by atoms with E-state index in [1.54, 1.807) is 0 Å². The van der Waals surface area contributed by atoms with Crippen molar-refractivity contribution < 1.29 is 0 Å². The number of hydrogen-bond acceptors (Lipinski definition) is 0.